The van der Waals surface area contributed by atoms with Gasteiger partial charge in [-0.3, -0.25) is 4.79 Å². The Morgan fingerprint density at radius 2 is 1.73 bits per heavy atom. The first-order chi connectivity index (χ1) is 4.09. The Morgan fingerprint density at radius 1 is 1.36 bits per heavy atom. The van der Waals surface area contributed by atoms with E-state index in [2.05, 4.69) is 25.3 Å². The SMILES string of the molecule is N.N.N#CC(C(N)=O)=C(S)S. The van der Waals surface area contributed by atoms with Crippen LogP contribution >= 0.6 is 25.3 Å². The lowest BCUT2D eigenvalue weighted by Crippen LogP contribution is -2.12. The number of carbonyl (C=O) groups is 1. The Labute approximate surface area is 75.6 Å². The molecular weight excluding hydrogens is 184 g/mol. The van der Waals surface area contributed by atoms with Crippen molar-refractivity contribution in [2.45, 2.75) is 0 Å². The number of nitrogens with two attached hydrogens (primary N) is 1. The summed E-state index contributed by atoms with van der Waals surface area (Å²) in [5.41, 5.74) is 4.51. The van der Waals surface area contributed by atoms with Gasteiger partial charge in [-0.2, -0.15) is 5.26 Å². The molecule has 8 N–H and O–H groups in total. The van der Waals surface area contributed by atoms with Gasteiger partial charge in [0, 0.05) is 0 Å². The number of amides is 1. The summed E-state index contributed by atoms with van der Waals surface area (Å²) in [5, 5.41) is 8.16. The van der Waals surface area contributed by atoms with Crippen LogP contribution in [0.5, 0.6) is 0 Å². The van der Waals surface area contributed by atoms with E-state index in [0.717, 1.165) is 0 Å². The molecule has 11 heavy (non-hydrogen) atoms. The Hall–Kier alpha value is -0.680. The van der Waals surface area contributed by atoms with E-state index in [-0.39, 0.29) is 22.1 Å². The van der Waals surface area contributed by atoms with Crippen LogP contribution in [0.3, 0.4) is 0 Å². The van der Waals surface area contributed by atoms with Gasteiger partial charge >= 0.3 is 0 Å². The predicted molar refractivity (Wildman–Crippen MR) is 49.8 cm³/mol. The molecule has 0 aromatic rings. The van der Waals surface area contributed by atoms with Gasteiger partial charge in [0.25, 0.3) is 5.91 Å². The van der Waals surface area contributed by atoms with Crippen LogP contribution in [0, 0.1) is 11.3 Å². The largest absolute Gasteiger partial charge is 0.365 e. The highest BCUT2D eigenvalue weighted by Crippen LogP contribution is 2.10. The maximum absolute atomic E-state index is 10.2. The molecule has 0 rings (SSSR count). The quantitative estimate of drug-likeness (QED) is 0.234. The Balaban J connectivity index is -0.000000320. The third kappa shape index (κ3) is 5.75. The Bertz CT molecular complexity index is 203. The molecule has 0 heterocycles. The highest BCUT2D eigenvalue weighted by Gasteiger charge is 2.04. The average Bonchev–Trinajstić information content (AvgIpc) is 1.64. The van der Waals surface area contributed by atoms with Crippen molar-refractivity contribution in [2.75, 3.05) is 0 Å². The molecule has 0 saturated heterocycles. The van der Waals surface area contributed by atoms with Crippen LogP contribution in [0.15, 0.2) is 9.81 Å². The molecule has 0 aliphatic carbocycles. The van der Waals surface area contributed by atoms with Crippen LogP contribution in [0.2, 0.25) is 0 Å². The molecule has 64 valence electrons. The molecule has 0 spiro atoms. The molecule has 0 radical (unpaired) electrons. The van der Waals surface area contributed by atoms with Crippen molar-refractivity contribution in [3.8, 4) is 6.07 Å². The summed E-state index contributed by atoms with van der Waals surface area (Å²) < 4.78 is 0.0463. The maximum Gasteiger partial charge on any atom is 0.261 e. The van der Waals surface area contributed by atoms with Crippen molar-refractivity contribution in [3.05, 3.63) is 9.81 Å². The summed E-state index contributed by atoms with van der Waals surface area (Å²) in [4.78, 5) is 10.2. The normalized spacial score (nSPS) is 6.27. The van der Waals surface area contributed by atoms with E-state index >= 15 is 0 Å². The fraction of sp³-hybridized carbons (Fsp3) is 0. The molecule has 0 atom stereocenters. The van der Waals surface area contributed by atoms with E-state index < -0.39 is 5.91 Å². The first-order valence-corrected chi connectivity index (χ1v) is 2.81. The molecule has 0 fully saturated rings. The van der Waals surface area contributed by atoms with Crippen LogP contribution < -0.4 is 18.0 Å². The molecule has 7 heteroatoms. The highest BCUT2D eigenvalue weighted by molar-refractivity contribution is 8.05. The fourth-order valence-corrected chi connectivity index (χ4v) is 0.536. The van der Waals surface area contributed by atoms with Crippen molar-refractivity contribution in [1.82, 2.24) is 12.3 Å². The topological polar surface area (TPSA) is 137 Å². The summed E-state index contributed by atoms with van der Waals surface area (Å²) in [6, 6.07) is 1.55. The smallest absolute Gasteiger partial charge is 0.261 e. The van der Waals surface area contributed by atoms with Gasteiger partial charge in [-0.15, -0.1) is 25.3 Å². The minimum atomic E-state index is -0.808. The van der Waals surface area contributed by atoms with Crippen molar-refractivity contribution in [1.29, 1.82) is 5.26 Å². The second kappa shape index (κ2) is 7.43. The van der Waals surface area contributed by atoms with Crippen LogP contribution in [-0.2, 0) is 4.79 Å². The number of primary amides is 1. The van der Waals surface area contributed by atoms with E-state index in [9.17, 15) is 4.79 Å². The first-order valence-electron chi connectivity index (χ1n) is 1.91. The number of thiol groups is 2. The standard InChI is InChI=1S/C4H4N2OS2.2H3N/c5-1-2(3(6)7)4(8)9;;/h8-9H,(H2,6,7);2*1H3. The molecule has 1 amide bonds. The summed E-state index contributed by atoms with van der Waals surface area (Å²) in [7, 11) is 0. The zero-order valence-electron chi connectivity index (χ0n) is 5.74. The molecular formula is C4H10N4OS2. The number of hydrogen-bond acceptors (Lipinski definition) is 6. The third-order valence-corrected chi connectivity index (χ3v) is 1.03. The molecule has 0 aromatic heterocycles. The molecule has 0 bridgehead atoms. The average molecular weight is 194 g/mol. The molecule has 0 aliphatic rings. The minimum absolute atomic E-state index is 0. The highest BCUT2D eigenvalue weighted by atomic mass is 32.2. The second-order valence-corrected chi connectivity index (χ2v) is 2.42. The Kier molecular flexibility index (Phi) is 11.3. The lowest BCUT2D eigenvalue weighted by Gasteiger charge is -1.89. The van der Waals surface area contributed by atoms with Gasteiger partial charge in [0.15, 0.2) is 0 Å². The van der Waals surface area contributed by atoms with Gasteiger partial charge in [0.2, 0.25) is 0 Å². The lowest BCUT2D eigenvalue weighted by atomic mass is 10.3. The van der Waals surface area contributed by atoms with Crippen molar-refractivity contribution in [3.63, 3.8) is 0 Å². The predicted octanol–water partition coefficient (Wildman–Crippen LogP) is 0.390. The van der Waals surface area contributed by atoms with Gasteiger partial charge in [-0.05, 0) is 0 Å². The van der Waals surface area contributed by atoms with Gasteiger partial charge in [-0.1, -0.05) is 0 Å². The summed E-state index contributed by atoms with van der Waals surface area (Å²) in [6.07, 6.45) is 0. The van der Waals surface area contributed by atoms with E-state index in [1.165, 1.54) is 0 Å². The van der Waals surface area contributed by atoms with Crippen molar-refractivity contribution >= 4 is 31.2 Å². The summed E-state index contributed by atoms with van der Waals surface area (Å²) >= 11 is 7.27. The van der Waals surface area contributed by atoms with E-state index in [4.69, 9.17) is 11.0 Å². The minimum Gasteiger partial charge on any atom is -0.365 e. The number of hydrogen-bond donors (Lipinski definition) is 5. The lowest BCUT2D eigenvalue weighted by molar-refractivity contribution is -0.114. The number of carbonyl (C=O) groups excluding carboxylic acids is 1. The van der Waals surface area contributed by atoms with E-state index in [1.54, 1.807) is 6.07 Å². The van der Waals surface area contributed by atoms with Crippen molar-refractivity contribution < 1.29 is 4.79 Å². The maximum atomic E-state index is 10.2. The zero-order chi connectivity index (χ0) is 7.44. The van der Waals surface area contributed by atoms with E-state index in [1.807, 2.05) is 0 Å². The van der Waals surface area contributed by atoms with Gasteiger partial charge in [-0.25, -0.2) is 0 Å². The number of rotatable bonds is 1. The molecule has 0 aliphatic heterocycles. The summed E-state index contributed by atoms with van der Waals surface area (Å²) in [6.45, 7) is 0. The van der Waals surface area contributed by atoms with Crippen molar-refractivity contribution in [2.24, 2.45) is 5.73 Å². The van der Waals surface area contributed by atoms with Gasteiger partial charge in [0.1, 0.15) is 11.6 Å². The number of nitrogens with zero attached hydrogens (tertiary/aromatic N) is 1. The first kappa shape index (κ1) is 16.7. The zero-order valence-corrected chi connectivity index (χ0v) is 7.53. The van der Waals surface area contributed by atoms with Crippen LogP contribution in [0.4, 0.5) is 0 Å². The molecule has 0 aromatic carbocycles. The van der Waals surface area contributed by atoms with E-state index in [0.29, 0.717) is 0 Å². The van der Waals surface area contributed by atoms with Crippen LogP contribution in [0.25, 0.3) is 0 Å². The van der Waals surface area contributed by atoms with Gasteiger partial charge < -0.3 is 18.0 Å². The Morgan fingerprint density at radius 3 is 1.73 bits per heavy atom. The monoisotopic (exact) mass is 194 g/mol. The molecule has 0 saturated carbocycles. The van der Waals surface area contributed by atoms with Crippen LogP contribution in [-0.4, -0.2) is 5.91 Å². The third-order valence-electron chi connectivity index (χ3n) is 0.582. The molecule has 5 nitrogen and oxygen atoms in total. The summed E-state index contributed by atoms with van der Waals surface area (Å²) in [5.74, 6) is -0.808. The van der Waals surface area contributed by atoms with Gasteiger partial charge in [0.05, 0.1) is 4.24 Å². The fourth-order valence-electron chi connectivity index (χ4n) is 0.215. The number of nitriles is 1. The second-order valence-electron chi connectivity index (χ2n) is 1.17. The molecule has 0 unspecified atom stereocenters. The van der Waals surface area contributed by atoms with Crippen LogP contribution in [0.1, 0.15) is 0 Å².